The van der Waals surface area contributed by atoms with Gasteiger partial charge in [-0.25, -0.2) is 0 Å². The van der Waals surface area contributed by atoms with Gasteiger partial charge in [-0.2, -0.15) is 0 Å². The van der Waals surface area contributed by atoms with Gasteiger partial charge < -0.3 is 10.3 Å². The quantitative estimate of drug-likeness (QED) is 0.232. The van der Waals surface area contributed by atoms with Crippen molar-refractivity contribution >= 4 is 33.0 Å². The number of allylic oxidation sites excluding steroid dienone is 4. The van der Waals surface area contributed by atoms with E-state index < -0.39 is 0 Å². The van der Waals surface area contributed by atoms with Crippen molar-refractivity contribution < 1.29 is 0 Å². The van der Waals surface area contributed by atoms with E-state index in [1.54, 1.807) is 6.20 Å². The molecule has 0 radical (unpaired) electrons. The minimum atomic E-state index is 0.758. The summed E-state index contributed by atoms with van der Waals surface area (Å²) in [6, 6.07) is 37.7. The van der Waals surface area contributed by atoms with Crippen LogP contribution in [0, 0.1) is 0 Å². The number of fused-ring (bicyclic) bond motifs is 7. The van der Waals surface area contributed by atoms with Crippen LogP contribution in [-0.2, 0) is 13.0 Å². The van der Waals surface area contributed by atoms with Gasteiger partial charge >= 0.3 is 0 Å². The Hall–Kier alpha value is -5.34. The number of hydrogen-bond donors (Lipinski definition) is 1. The lowest BCUT2D eigenvalue weighted by Gasteiger charge is -2.14. The SMILES string of the molecule is C=CC1=C(C=C)c2cc(-c3ccc4c(c3)c3ccccc3n4Cc3cccc4c3/C(=C\N)c3ccccc3-4)ccc2C1. The normalized spacial score (nSPS) is 14.4. The first-order chi connectivity index (χ1) is 20.7. The van der Waals surface area contributed by atoms with Crippen LogP contribution in [0.5, 0.6) is 0 Å². The number of nitrogens with two attached hydrogens (primary N) is 1. The molecule has 8 rings (SSSR count). The second-order valence-corrected chi connectivity index (χ2v) is 11.2. The Balaban J connectivity index is 1.27. The molecule has 2 heteroatoms. The third kappa shape index (κ3) is 3.45. The van der Waals surface area contributed by atoms with Gasteiger partial charge in [-0.1, -0.05) is 104 Å². The third-order valence-corrected chi connectivity index (χ3v) is 9.11. The summed E-state index contributed by atoms with van der Waals surface area (Å²) in [7, 11) is 0. The van der Waals surface area contributed by atoms with Gasteiger partial charge in [0, 0.05) is 40.1 Å². The van der Waals surface area contributed by atoms with Crippen LogP contribution in [0.25, 0.3) is 55.2 Å². The maximum Gasteiger partial charge on any atom is 0.0494 e. The monoisotopic (exact) mass is 538 g/mol. The van der Waals surface area contributed by atoms with E-state index in [2.05, 4.69) is 121 Å². The van der Waals surface area contributed by atoms with E-state index >= 15 is 0 Å². The van der Waals surface area contributed by atoms with Gasteiger partial charge in [-0.05, 0) is 91.9 Å². The Morgan fingerprint density at radius 2 is 1.40 bits per heavy atom. The number of nitrogens with zero attached hydrogens (tertiary/aromatic N) is 1. The van der Waals surface area contributed by atoms with E-state index in [0.29, 0.717) is 0 Å². The molecular weight excluding hydrogens is 508 g/mol. The molecule has 2 aliphatic carbocycles. The molecule has 0 saturated heterocycles. The molecule has 5 aromatic carbocycles. The molecule has 0 spiro atoms. The van der Waals surface area contributed by atoms with Gasteiger partial charge in [0.2, 0.25) is 0 Å². The zero-order chi connectivity index (χ0) is 28.4. The second-order valence-electron chi connectivity index (χ2n) is 11.2. The van der Waals surface area contributed by atoms with Crippen LogP contribution in [-0.4, -0.2) is 4.57 Å². The first-order valence-corrected chi connectivity index (χ1v) is 14.5. The Bertz CT molecular complexity index is 2180. The van der Waals surface area contributed by atoms with Crippen LogP contribution in [0.15, 0.2) is 140 Å². The first-order valence-electron chi connectivity index (χ1n) is 14.5. The van der Waals surface area contributed by atoms with Crippen molar-refractivity contribution in [3.05, 3.63) is 168 Å². The van der Waals surface area contributed by atoms with Crippen molar-refractivity contribution in [2.75, 3.05) is 0 Å². The summed E-state index contributed by atoms with van der Waals surface area (Å²) in [5, 5.41) is 2.53. The topological polar surface area (TPSA) is 30.9 Å². The van der Waals surface area contributed by atoms with E-state index in [0.717, 1.165) is 18.5 Å². The molecular formula is C40H30N2. The van der Waals surface area contributed by atoms with Crippen LogP contribution < -0.4 is 5.73 Å². The Morgan fingerprint density at radius 3 is 2.24 bits per heavy atom. The molecule has 2 N–H and O–H groups in total. The lowest BCUT2D eigenvalue weighted by atomic mass is 9.97. The van der Waals surface area contributed by atoms with Gasteiger partial charge in [0.05, 0.1) is 0 Å². The Morgan fingerprint density at radius 1 is 0.667 bits per heavy atom. The van der Waals surface area contributed by atoms with Crippen molar-refractivity contribution in [3.8, 4) is 22.3 Å². The molecule has 1 heterocycles. The maximum absolute atomic E-state index is 6.24. The van der Waals surface area contributed by atoms with Crippen LogP contribution in [0.4, 0.5) is 0 Å². The fourth-order valence-electron chi connectivity index (χ4n) is 7.17. The molecule has 2 nitrogen and oxygen atoms in total. The molecule has 0 fully saturated rings. The first kappa shape index (κ1) is 24.5. The number of hydrogen-bond acceptors (Lipinski definition) is 1. The second kappa shape index (κ2) is 9.36. The van der Waals surface area contributed by atoms with E-state index in [-0.39, 0.29) is 0 Å². The standard InChI is InChI=1S/C40H30N2/c1-3-25-20-28-17-16-26(21-35(28)30(25)4-2)27-18-19-39-36(22-27)33-13-7-8-15-38(33)42(39)24-29-10-9-14-34-31-11-5-6-12-32(31)37(23-41)40(29)34/h3-19,21-23H,1-2,20,24,41H2/b37-23-. The molecule has 2 aliphatic rings. The molecule has 6 aromatic rings. The predicted octanol–water partition coefficient (Wildman–Crippen LogP) is 9.52. The number of benzene rings is 5. The minimum absolute atomic E-state index is 0.758. The molecule has 42 heavy (non-hydrogen) atoms. The predicted molar refractivity (Wildman–Crippen MR) is 178 cm³/mol. The van der Waals surface area contributed by atoms with Crippen LogP contribution in [0.1, 0.15) is 27.8 Å². The number of aromatic nitrogens is 1. The summed E-state index contributed by atoms with van der Waals surface area (Å²) in [6.07, 6.45) is 6.62. The van der Waals surface area contributed by atoms with Crippen LogP contribution in [0.2, 0.25) is 0 Å². The van der Waals surface area contributed by atoms with E-state index in [1.807, 2.05) is 12.2 Å². The zero-order valence-corrected chi connectivity index (χ0v) is 23.4. The summed E-state index contributed by atoms with van der Waals surface area (Å²) in [6.45, 7) is 8.86. The average molecular weight is 539 g/mol. The van der Waals surface area contributed by atoms with Crippen molar-refractivity contribution in [2.24, 2.45) is 5.73 Å². The van der Waals surface area contributed by atoms with Gasteiger partial charge in [0.25, 0.3) is 0 Å². The lowest BCUT2D eigenvalue weighted by molar-refractivity contribution is 0.867. The molecule has 1 aromatic heterocycles. The van der Waals surface area contributed by atoms with Gasteiger partial charge in [0.1, 0.15) is 0 Å². The highest BCUT2D eigenvalue weighted by Gasteiger charge is 2.26. The van der Waals surface area contributed by atoms with Crippen LogP contribution in [0.3, 0.4) is 0 Å². The Kier molecular flexibility index (Phi) is 5.45. The van der Waals surface area contributed by atoms with E-state index in [9.17, 15) is 0 Å². The highest BCUT2D eigenvalue weighted by atomic mass is 15.0. The molecule has 0 bridgehead atoms. The van der Waals surface area contributed by atoms with E-state index in [4.69, 9.17) is 5.73 Å². The summed E-state index contributed by atoms with van der Waals surface area (Å²) in [4.78, 5) is 0. The highest BCUT2D eigenvalue weighted by Crippen LogP contribution is 2.46. The maximum atomic E-state index is 6.24. The summed E-state index contributed by atoms with van der Waals surface area (Å²) in [5.74, 6) is 0. The van der Waals surface area contributed by atoms with Crippen LogP contribution >= 0.6 is 0 Å². The molecule has 0 amide bonds. The van der Waals surface area contributed by atoms with E-state index in [1.165, 1.54) is 83.0 Å². The van der Waals surface area contributed by atoms with Crippen molar-refractivity contribution in [2.45, 2.75) is 13.0 Å². The molecule has 200 valence electrons. The number of para-hydroxylation sites is 1. The average Bonchev–Trinajstić information content (AvgIpc) is 3.68. The smallest absolute Gasteiger partial charge is 0.0494 e. The highest BCUT2D eigenvalue weighted by molar-refractivity contribution is 6.09. The molecule has 0 atom stereocenters. The van der Waals surface area contributed by atoms with Gasteiger partial charge in [0.15, 0.2) is 0 Å². The summed E-state index contributed by atoms with van der Waals surface area (Å²) < 4.78 is 2.46. The number of rotatable bonds is 5. The fraction of sp³-hybridized carbons (Fsp3) is 0.0500. The molecule has 0 aliphatic heterocycles. The molecule has 0 unspecified atom stereocenters. The Labute approximate surface area is 246 Å². The van der Waals surface area contributed by atoms with Crippen molar-refractivity contribution in [3.63, 3.8) is 0 Å². The summed E-state index contributed by atoms with van der Waals surface area (Å²) >= 11 is 0. The summed E-state index contributed by atoms with van der Waals surface area (Å²) in [5.41, 5.74) is 23.5. The fourth-order valence-corrected chi connectivity index (χ4v) is 7.17. The van der Waals surface area contributed by atoms with Crippen molar-refractivity contribution in [1.29, 1.82) is 0 Å². The lowest BCUT2D eigenvalue weighted by Crippen LogP contribution is -2.03. The molecule has 0 saturated carbocycles. The minimum Gasteiger partial charge on any atom is -0.404 e. The van der Waals surface area contributed by atoms with Gasteiger partial charge in [-0.3, -0.25) is 0 Å². The largest absolute Gasteiger partial charge is 0.404 e. The third-order valence-electron chi connectivity index (χ3n) is 9.11. The van der Waals surface area contributed by atoms with Crippen molar-refractivity contribution in [1.82, 2.24) is 4.57 Å². The van der Waals surface area contributed by atoms with Gasteiger partial charge in [-0.15, -0.1) is 0 Å². The zero-order valence-electron chi connectivity index (χ0n) is 23.4.